The van der Waals surface area contributed by atoms with Crippen molar-refractivity contribution in [1.29, 1.82) is 0 Å². The van der Waals surface area contributed by atoms with Crippen molar-refractivity contribution in [2.45, 2.75) is 19.8 Å². The molecule has 0 bridgehead atoms. The van der Waals surface area contributed by atoms with Gasteiger partial charge in [-0.15, -0.1) is 0 Å². The highest BCUT2D eigenvalue weighted by Gasteiger charge is 2.25. The summed E-state index contributed by atoms with van der Waals surface area (Å²) in [6.45, 7) is 3.22. The molecule has 0 aromatic carbocycles. The topological polar surface area (TPSA) is 97.0 Å². The first-order chi connectivity index (χ1) is 10.1. The first-order valence-corrected chi connectivity index (χ1v) is 6.82. The van der Waals surface area contributed by atoms with E-state index in [-0.39, 0.29) is 5.92 Å². The van der Waals surface area contributed by atoms with Gasteiger partial charge in [0.1, 0.15) is 24.3 Å². The number of carbonyl (C=O) groups is 1. The summed E-state index contributed by atoms with van der Waals surface area (Å²) in [7, 11) is 0. The van der Waals surface area contributed by atoms with Crippen LogP contribution in [0.5, 0.6) is 0 Å². The van der Waals surface area contributed by atoms with Gasteiger partial charge < -0.3 is 10.0 Å². The highest BCUT2D eigenvalue weighted by molar-refractivity contribution is 5.70. The zero-order valence-electron chi connectivity index (χ0n) is 11.7. The molecule has 0 radical (unpaired) electrons. The SMILES string of the molecule is Cc1ncnn1-c1cc(N2CCC(C(=O)O)CC2)ncn1. The van der Waals surface area contributed by atoms with Crippen molar-refractivity contribution in [2.75, 3.05) is 18.0 Å². The number of aryl methyl sites for hydroxylation is 1. The number of hydrogen-bond donors (Lipinski definition) is 1. The van der Waals surface area contributed by atoms with Crippen molar-refractivity contribution in [3.63, 3.8) is 0 Å². The van der Waals surface area contributed by atoms with Gasteiger partial charge in [0.25, 0.3) is 0 Å². The van der Waals surface area contributed by atoms with E-state index in [1.807, 2.05) is 13.0 Å². The number of anilines is 1. The van der Waals surface area contributed by atoms with E-state index < -0.39 is 5.97 Å². The monoisotopic (exact) mass is 288 g/mol. The molecule has 0 amide bonds. The Morgan fingerprint density at radius 2 is 1.90 bits per heavy atom. The minimum atomic E-state index is -0.712. The Hall–Kier alpha value is -2.51. The Morgan fingerprint density at radius 1 is 1.19 bits per heavy atom. The Labute approximate surface area is 121 Å². The Morgan fingerprint density at radius 3 is 2.52 bits per heavy atom. The third kappa shape index (κ3) is 2.69. The van der Waals surface area contributed by atoms with E-state index in [0.29, 0.717) is 31.7 Å². The molecule has 1 aliphatic heterocycles. The lowest BCUT2D eigenvalue weighted by Gasteiger charge is -2.30. The van der Waals surface area contributed by atoms with E-state index in [1.165, 1.54) is 12.7 Å². The van der Waals surface area contributed by atoms with Crippen molar-refractivity contribution >= 4 is 11.8 Å². The van der Waals surface area contributed by atoms with E-state index in [9.17, 15) is 4.79 Å². The van der Waals surface area contributed by atoms with Crippen LogP contribution in [-0.2, 0) is 4.79 Å². The Bertz CT molecular complexity index is 648. The molecular weight excluding hydrogens is 272 g/mol. The van der Waals surface area contributed by atoms with E-state index in [2.05, 4.69) is 25.0 Å². The highest BCUT2D eigenvalue weighted by atomic mass is 16.4. The fourth-order valence-electron chi connectivity index (χ4n) is 2.51. The zero-order chi connectivity index (χ0) is 14.8. The predicted octanol–water partition coefficient (Wildman–Crippen LogP) is 0.667. The van der Waals surface area contributed by atoms with Gasteiger partial charge in [0, 0.05) is 19.2 Å². The Balaban J connectivity index is 1.78. The van der Waals surface area contributed by atoms with Crippen LogP contribution in [0.15, 0.2) is 18.7 Å². The summed E-state index contributed by atoms with van der Waals surface area (Å²) in [5.41, 5.74) is 0. The molecule has 1 saturated heterocycles. The fourth-order valence-corrected chi connectivity index (χ4v) is 2.51. The van der Waals surface area contributed by atoms with Crippen LogP contribution < -0.4 is 4.90 Å². The number of carboxylic acid groups (broad SMARTS) is 1. The van der Waals surface area contributed by atoms with Crippen LogP contribution in [0, 0.1) is 12.8 Å². The fraction of sp³-hybridized carbons (Fsp3) is 0.462. The second-order valence-electron chi connectivity index (χ2n) is 5.05. The first-order valence-electron chi connectivity index (χ1n) is 6.82. The van der Waals surface area contributed by atoms with Gasteiger partial charge in [0.15, 0.2) is 5.82 Å². The first kappa shape index (κ1) is 13.5. The lowest BCUT2D eigenvalue weighted by molar-refractivity contribution is -0.142. The van der Waals surface area contributed by atoms with Gasteiger partial charge in [0.2, 0.25) is 0 Å². The number of piperidine rings is 1. The second kappa shape index (κ2) is 5.47. The van der Waals surface area contributed by atoms with E-state index >= 15 is 0 Å². The summed E-state index contributed by atoms with van der Waals surface area (Å²) in [5, 5.41) is 13.2. The van der Waals surface area contributed by atoms with Crippen LogP contribution in [0.2, 0.25) is 0 Å². The molecule has 8 nitrogen and oxygen atoms in total. The lowest BCUT2D eigenvalue weighted by Crippen LogP contribution is -2.36. The smallest absolute Gasteiger partial charge is 0.306 e. The Kier molecular flexibility index (Phi) is 3.51. The van der Waals surface area contributed by atoms with Gasteiger partial charge >= 0.3 is 5.97 Å². The maximum absolute atomic E-state index is 11.0. The van der Waals surface area contributed by atoms with Gasteiger partial charge in [-0.3, -0.25) is 4.79 Å². The standard InChI is InChI=1S/C13H16N6O2/c1-9-14-8-17-19(9)12-6-11(15-7-16-12)18-4-2-10(3-5-18)13(20)21/h6-8,10H,2-5H2,1H3,(H,20,21). The molecule has 0 saturated carbocycles. The quantitative estimate of drug-likeness (QED) is 0.886. The molecule has 21 heavy (non-hydrogen) atoms. The molecule has 3 rings (SSSR count). The van der Waals surface area contributed by atoms with Crippen LogP contribution >= 0.6 is 0 Å². The molecule has 8 heteroatoms. The van der Waals surface area contributed by atoms with Gasteiger partial charge in [-0.05, 0) is 19.8 Å². The van der Waals surface area contributed by atoms with Gasteiger partial charge in [-0.2, -0.15) is 9.78 Å². The molecule has 110 valence electrons. The number of aliphatic carboxylic acids is 1. The summed E-state index contributed by atoms with van der Waals surface area (Å²) >= 11 is 0. The van der Waals surface area contributed by atoms with E-state index in [1.54, 1.807) is 4.68 Å². The third-order valence-corrected chi connectivity index (χ3v) is 3.74. The predicted molar refractivity (Wildman–Crippen MR) is 74.3 cm³/mol. The van der Waals surface area contributed by atoms with Gasteiger partial charge in [-0.25, -0.2) is 15.0 Å². The zero-order valence-corrected chi connectivity index (χ0v) is 11.7. The van der Waals surface area contributed by atoms with Crippen LogP contribution in [0.25, 0.3) is 5.82 Å². The molecule has 0 aliphatic carbocycles. The lowest BCUT2D eigenvalue weighted by atomic mass is 9.97. The maximum Gasteiger partial charge on any atom is 0.306 e. The minimum absolute atomic E-state index is 0.250. The highest BCUT2D eigenvalue weighted by Crippen LogP contribution is 2.22. The molecule has 2 aromatic heterocycles. The van der Waals surface area contributed by atoms with Gasteiger partial charge in [0.05, 0.1) is 5.92 Å². The normalized spacial score (nSPS) is 16.1. The molecule has 3 heterocycles. The molecule has 1 N–H and O–H groups in total. The van der Waals surface area contributed by atoms with Crippen LogP contribution in [0.4, 0.5) is 5.82 Å². The number of hydrogen-bond acceptors (Lipinski definition) is 6. The molecule has 0 atom stereocenters. The number of aromatic nitrogens is 5. The van der Waals surface area contributed by atoms with E-state index in [0.717, 1.165) is 11.6 Å². The summed E-state index contributed by atoms with van der Waals surface area (Å²) in [6, 6.07) is 1.85. The molecule has 2 aromatic rings. The number of rotatable bonds is 3. The molecule has 1 aliphatic rings. The average Bonchev–Trinajstić information content (AvgIpc) is 2.94. The van der Waals surface area contributed by atoms with Crippen molar-refractivity contribution in [2.24, 2.45) is 5.92 Å². The molecule has 0 unspecified atom stereocenters. The van der Waals surface area contributed by atoms with Crippen molar-refractivity contribution in [3.05, 3.63) is 24.5 Å². The van der Waals surface area contributed by atoms with Crippen molar-refractivity contribution < 1.29 is 9.90 Å². The van der Waals surface area contributed by atoms with Crippen LogP contribution in [0.3, 0.4) is 0 Å². The molecule has 1 fully saturated rings. The van der Waals surface area contributed by atoms with Crippen molar-refractivity contribution in [1.82, 2.24) is 24.7 Å². The largest absolute Gasteiger partial charge is 0.481 e. The maximum atomic E-state index is 11.0. The second-order valence-corrected chi connectivity index (χ2v) is 5.05. The number of carboxylic acids is 1. The van der Waals surface area contributed by atoms with Crippen molar-refractivity contribution in [3.8, 4) is 5.82 Å². The molecule has 0 spiro atoms. The summed E-state index contributed by atoms with van der Waals surface area (Å²) in [5.74, 6) is 1.25. The third-order valence-electron chi connectivity index (χ3n) is 3.74. The summed E-state index contributed by atoms with van der Waals surface area (Å²) in [6.07, 6.45) is 4.25. The van der Waals surface area contributed by atoms with Crippen LogP contribution in [-0.4, -0.2) is 48.9 Å². The number of nitrogens with zero attached hydrogens (tertiary/aromatic N) is 6. The van der Waals surface area contributed by atoms with Gasteiger partial charge in [-0.1, -0.05) is 0 Å². The summed E-state index contributed by atoms with van der Waals surface area (Å²) < 4.78 is 1.65. The average molecular weight is 288 g/mol. The summed E-state index contributed by atoms with van der Waals surface area (Å²) in [4.78, 5) is 25.6. The van der Waals surface area contributed by atoms with Crippen LogP contribution in [0.1, 0.15) is 18.7 Å². The minimum Gasteiger partial charge on any atom is -0.481 e. The molecular formula is C13H16N6O2. The van der Waals surface area contributed by atoms with E-state index in [4.69, 9.17) is 5.11 Å².